The zero-order valence-corrected chi connectivity index (χ0v) is 13.0. The molecule has 2 heterocycles. The van der Waals surface area contributed by atoms with Crippen molar-refractivity contribution in [2.24, 2.45) is 0 Å². The highest BCUT2D eigenvalue weighted by Gasteiger charge is 2.15. The normalized spacial score (nSPS) is 19.3. The van der Waals surface area contributed by atoms with Crippen LogP contribution in [0, 0.1) is 0 Å². The smallest absolute Gasteiger partial charge is 0.0677 e. The molecule has 1 aromatic rings. The summed E-state index contributed by atoms with van der Waals surface area (Å²) in [6.45, 7) is 4.30. The number of hydrogen-bond donors (Lipinski definition) is 1. The lowest BCUT2D eigenvalue weighted by molar-refractivity contribution is 0.724. The molecule has 3 rings (SSSR count). The van der Waals surface area contributed by atoms with Crippen LogP contribution >= 0.6 is 12.2 Å². The summed E-state index contributed by atoms with van der Waals surface area (Å²) in [4.78, 5) is 8.11. The number of aromatic nitrogens is 1. The number of nitrogens with one attached hydrogen (secondary N) is 1. The van der Waals surface area contributed by atoms with E-state index in [9.17, 15) is 0 Å². The van der Waals surface area contributed by atoms with Gasteiger partial charge in [0.15, 0.2) is 0 Å². The van der Waals surface area contributed by atoms with Crippen LogP contribution < -0.4 is 10.2 Å². The standard InChI is InChI=1S/C17H21N3S/c21-15-5-1-4-14(12-15)13-16-17(6-2-8-19-16)20-10-3-7-18-9-11-20/h1-2,4-6,8,18H,3,7,9-13H2. The molecule has 0 radical (unpaired) electrons. The van der Waals surface area contributed by atoms with E-state index in [1.54, 1.807) is 0 Å². The summed E-state index contributed by atoms with van der Waals surface area (Å²) in [6.07, 6.45) is 11.1. The highest BCUT2D eigenvalue weighted by molar-refractivity contribution is 7.80. The lowest BCUT2D eigenvalue weighted by Crippen LogP contribution is -2.29. The monoisotopic (exact) mass is 299 g/mol. The van der Waals surface area contributed by atoms with Crippen LogP contribution in [-0.4, -0.2) is 36.0 Å². The van der Waals surface area contributed by atoms with Gasteiger partial charge < -0.3 is 10.2 Å². The second-order valence-corrected chi connectivity index (χ2v) is 6.09. The summed E-state index contributed by atoms with van der Waals surface area (Å²) in [5.74, 6) is 0. The van der Waals surface area contributed by atoms with Gasteiger partial charge in [0, 0.05) is 43.5 Å². The summed E-state index contributed by atoms with van der Waals surface area (Å²) in [7, 11) is 0. The molecular formula is C17H21N3S. The Hall–Kier alpha value is -1.52. The maximum atomic E-state index is 5.31. The predicted octanol–water partition coefficient (Wildman–Crippen LogP) is 2.68. The van der Waals surface area contributed by atoms with Crippen LogP contribution in [0.1, 0.15) is 18.5 Å². The topological polar surface area (TPSA) is 28.2 Å². The Morgan fingerprint density at radius 3 is 3.14 bits per heavy atom. The Morgan fingerprint density at radius 1 is 1.29 bits per heavy atom. The molecule has 3 nitrogen and oxygen atoms in total. The molecule has 21 heavy (non-hydrogen) atoms. The maximum absolute atomic E-state index is 5.31. The molecule has 4 heteroatoms. The first-order chi connectivity index (χ1) is 10.3. The average molecular weight is 299 g/mol. The number of thiocarbonyl (C=S) groups is 1. The Kier molecular flexibility index (Phi) is 4.78. The summed E-state index contributed by atoms with van der Waals surface area (Å²) in [5, 5.41) is 3.45. The van der Waals surface area contributed by atoms with E-state index < -0.39 is 0 Å². The van der Waals surface area contributed by atoms with Gasteiger partial charge in [-0.25, -0.2) is 0 Å². The second-order valence-electron chi connectivity index (χ2n) is 5.56. The van der Waals surface area contributed by atoms with Crippen molar-refractivity contribution in [2.75, 3.05) is 31.1 Å². The molecule has 1 saturated heterocycles. The number of hydrogen-bond acceptors (Lipinski definition) is 4. The van der Waals surface area contributed by atoms with Gasteiger partial charge in [-0.1, -0.05) is 29.9 Å². The van der Waals surface area contributed by atoms with Crippen LogP contribution in [0.25, 0.3) is 0 Å². The van der Waals surface area contributed by atoms with E-state index in [0.29, 0.717) is 0 Å². The van der Waals surface area contributed by atoms with E-state index in [1.165, 1.54) is 23.4 Å². The van der Waals surface area contributed by atoms with Crippen LogP contribution in [0.3, 0.4) is 0 Å². The van der Waals surface area contributed by atoms with E-state index in [-0.39, 0.29) is 0 Å². The molecule has 0 amide bonds. The van der Waals surface area contributed by atoms with Crippen molar-refractivity contribution in [1.82, 2.24) is 10.3 Å². The lowest BCUT2D eigenvalue weighted by atomic mass is 9.99. The number of nitrogens with zero attached hydrogens (tertiary/aromatic N) is 2. The molecule has 0 unspecified atom stereocenters. The van der Waals surface area contributed by atoms with Gasteiger partial charge in [0.05, 0.1) is 11.4 Å². The van der Waals surface area contributed by atoms with Gasteiger partial charge in [-0.3, -0.25) is 4.98 Å². The Labute approximate surface area is 131 Å². The number of pyridine rings is 1. The van der Waals surface area contributed by atoms with E-state index >= 15 is 0 Å². The Balaban J connectivity index is 1.80. The van der Waals surface area contributed by atoms with Crippen molar-refractivity contribution >= 4 is 22.8 Å². The van der Waals surface area contributed by atoms with Gasteiger partial charge in [0.1, 0.15) is 0 Å². The molecule has 110 valence electrons. The number of allylic oxidation sites excluding steroid dienone is 4. The molecular weight excluding hydrogens is 278 g/mol. The van der Waals surface area contributed by atoms with Crippen LogP contribution in [0.2, 0.25) is 0 Å². The minimum atomic E-state index is 0.892. The Morgan fingerprint density at radius 2 is 2.24 bits per heavy atom. The first kappa shape index (κ1) is 14.4. The minimum Gasteiger partial charge on any atom is -0.369 e. The van der Waals surface area contributed by atoms with Crippen molar-refractivity contribution in [3.8, 4) is 0 Å². The van der Waals surface area contributed by atoms with Crippen molar-refractivity contribution in [3.05, 3.63) is 47.8 Å². The predicted molar refractivity (Wildman–Crippen MR) is 92.1 cm³/mol. The summed E-state index contributed by atoms with van der Waals surface area (Å²) >= 11 is 5.31. The van der Waals surface area contributed by atoms with Gasteiger partial charge in [-0.2, -0.15) is 0 Å². The second kappa shape index (κ2) is 6.96. The number of anilines is 1. The van der Waals surface area contributed by atoms with Crippen molar-refractivity contribution in [3.63, 3.8) is 0 Å². The van der Waals surface area contributed by atoms with Crippen molar-refractivity contribution in [1.29, 1.82) is 0 Å². The quantitative estimate of drug-likeness (QED) is 0.869. The number of rotatable bonds is 3. The Bertz CT molecular complexity index is 569. The third kappa shape index (κ3) is 3.77. The molecule has 0 aromatic carbocycles. The van der Waals surface area contributed by atoms with Gasteiger partial charge in [-0.15, -0.1) is 0 Å². The fourth-order valence-corrected chi connectivity index (χ4v) is 3.17. The molecule has 0 saturated carbocycles. The highest BCUT2D eigenvalue weighted by Crippen LogP contribution is 2.24. The van der Waals surface area contributed by atoms with Crippen LogP contribution in [-0.2, 0) is 6.42 Å². The molecule has 1 aromatic heterocycles. The van der Waals surface area contributed by atoms with Gasteiger partial charge in [0.25, 0.3) is 0 Å². The first-order valence-corrected chi connectivity index (χ1v) is 8.02. The van der Waals surface area contributed by atoms with Crippen molar-refractivity contribution in [2.45, 2.75) is 19.3 Å². The summed E-state index contributed by atoms with van der Waals surface area (Å²) < 4.78 is 0. The SMILES string of the molecule is S=C1C=CC=C(Cc2ncccc2N2CCCNCC2)C1. The molecule has 1 aliphatic carbocycles. The van der Waals surface area contributed by atoms with Crippen LogP contribution in [0.5, 0.6) is 0 Å². The maximum Gasteiger partial charge on any atom is 0.0677 e. The molecule has 0 bridgehead atoms. The summed E-state index contributed by atoms with van der Waals surface area (Å²) in [5.41, 5.74) is 3.81. The molecule has 1 aliphatic heterocycles. The van der Waals surface area contributed by atoms with Crippen LogP contribution in [0.15, 0.2) is 42.1 Å². The summed E-state index contributed by atoms with van der Waals surface area (Å²) in [6, 6.07) is 4.24. The van der Waals surface area contributed by atoms with Gasteiger partial charge in [-0.05, 0) is 31.2 Å². The zero-order valence-electron chi connectivity index (χ0n) is 12.2. The van der Waals surface area contributed by atoms with E-state index in [4.69, 9.17) is 12.2 Å². The molecule has 1 fully saturated rings. The van der Waals surface area contributed by atoms with E-state index in [0.717, 1.165) is 43.9 Å². The van der Waals surface area contributed by atoms with Gasteiger partial charge in [0.2, 0.25) is 0 Å². The molecule has 0 spiro atoms. The van der Waals surface area contributed by atoms with Crippen molar-refractivity contribution < 1.29 is 0 Å². The third-order valence-corrected chi connectivity index (χ3v) is 4.24. The molecule has 0 atom stereocenters. The molecule has 2 aliphatic rings. The average Bonchev–Trinajstić information content (AvgIpc) is 2.77. The minimum absolute atomic E-state index is 0.892. The lowest BCUT2D eigenvalue weighted by Gasteiger charge is -2.25. The fourth-order valence-electron chi connectivity index (χ4n) is 2.91. The van der Waals surface area contributed by atoms with E-state index in [1.807, 2.05) is 18.3 Å². The zero-order chi connectivity index (χ0) is 14.5. The first-order valence-electron chi connectivity index (χ1n) is 7.61. The largest absolute Gasteiger partial charge is 0.369 e. The van der Waals surface area contributed by atoms with Gasteiger partial charge >= 0.3 is 0 Å². The van der Waals surface area contributed by atoms with Crippen LogP contribution in [0.4, 0.5) is 5.69 Å². The van der Waals surface area contributed by atoms with E-state index in [2.05, 4.69) is 33.4 Å². The third-order valence-electron chi connectivity index (χ3n) is 3.96. The molecule has 1 N–H and O–H groups in total. The highest BCUT2D eigenvalue weighted by atomic mass is 32.1. The fraction of sp³-hybridized carbons (Fsp3) is 0.412.